The highest BCUT2D eigenvalue weighted by Crippen LogP contribution is 2.38. The summed E-state index contributed by atoms with van der Waals surface area (Å²) in [5.41, 5.74) is 0. The maximum atomic E-state index is 11.8. The average Bonchev–Trinajstić information content (AvgIpc) is 2.51. The number of rotatable bonds is 16. The van der Waals surface area contributed by atoms with E-state index in [0.717, 1.165) is 31.9 Å². The predicted molar refractivity (Wildman–Crippen MR) is 107 cm³/mol. The van der Waals surface area contributed by atoms with Crippen molar-refractivity contribution in [2.45, 2.75) is 51.2 Å². The van der Waals surface area contributed by atoms with E-state index in [2.05, 4.69) is 9.84 Å². The fourth-order valence-electron chi connectivity index (χ4n) is 1.96. The van der Waals surface area contributed by atoms with Gasteiger partial charge in [-0.1, -0.05) is 34.4 Å². The second-order valence-electron chi connectivity index (χ2n) is 5.78. The molecule has 0 aromatic rings. The summed E-state index contributed by atoms with van der Waals surface area (Å²) in [6, 6.07) is -1.57. The first-order valence-corrected chi connectivity index (χ1v) is 13.9. The molecule has 0 heterocycles. The first-order valence-electron chi connectivity index (χ1n) is 8.27. The molecule has 15 heteroatoms. The molecule has 5 N–H and O–H groups in total. The largest absolute Gasteiger partial charge is 0.480 e. The van der Waals surface area contributed by atoms with Crippen molar-refractivity contribution in [2.24, 2.45) is 0 Å². The smallest absolute Gasteiger partial charge is 0.469 e. The number of carbonyl (C=O) groups is 2. The summed E-state index contributed by atoms with van der Waals surface area (Å²) in [5.74, 6) is -1.20. The van der Waals surface area contributed by atoms with Gasteiger partial charge >= 0.3 is 13.8 Å². The van der Waals surface area contributed by atoms with Crippen LogP contribution in [0.1, 0.15) is 39.0 Å². The number of amides is 1. The number of phosphoric acid groups is 1. The van der Waals surface area contributed by atoms with Gasteiger partial charge in [0, 0.05) is 17.9 Å². The molecule has 0 aromatic heterocycles. The van der Waals surface area contributed by atoms with E-state index < -0.39 is 42.0 Å². The van der Waals surface area contributed by atoms with Crippen LogP contribution in [0.4, 0.5) is 0 Å². The second-order valence-corrected chi connectivity index (χ2v) is 11.2. The fraction of sp³-hybridized carbons (Fsp3) is 0.846. The van der Waals surface area contributed by atoms with Gasteiger partial charge in [-0.25, -0.2) is 9.36 Å². The lowest BCUT2D eigenvalue weighted by Gasteiger charge is -2.21. The number of carboxylic acids is 1. The monoisotopic (exact) mass is 483 g/mol. The molecule has 0 rings (SSSR count). The standard InChI is InChI=1S/C13H26NO10PS3/c1-10(24-25(18,19)20)12(13(16)17)14-11(15)6-4-2-3-5-7-26-27-8-9-28(21,22)23/h10,12H,2-9H2,1H3,(H,14,15)(H,16,17)(H2,18,19,20)(H,21,22,23). The molecule has 0 radical (unpaired) electrons. The number of aliphatic carboxylic acids is 1. The normalized spacial score (nSPS) is 14.4. The lowest BCUT2D eigenvalue weighted by molar-refractivity contribution is -0.144. The summed E-state index contributed by atoms with van der Waals surface area (Å²) < 4.78 is 44.7. The number of nitrogens with one attached hydrogen (secondary N) is 1. The van der Waals surface area contributed by atoms with E-state index in [4.69, 9.17) is 19.4 Å². The first kappa shape index (κ1) is 27.7. The number of phosphoric ester groups is 1. The SMILES string of the molecule is CC(OP(=O)(O)O)C(NC(=O)CCCCCCSSCCS(=O)(=O)O)C(=O)O. The molecule has 0 saturated heterocycles. The van der Waals surface area contributed by atoms with Crippen LogP contribution < -0.4 is 5.32 Å². The van der Waals surface area contributed by atoms with Crippen molar-refractivity contribution < 1.29 is 46.5 Å². The second kappa shape index (κ2) is 13.8. The Bertz CT molecular complexity index is 638. The summed E-state index contributed by atoms with van der Waals surface area (Å²) in [4.78, 5) is 40.4. The number of hydrogen-bond donors (Lipinski definition) is 5. The van der Waals surface area contributed by atoms with E-state index in [0.29, 0.717) is 12.2 Å². The Morgan fingerprint density at radius 3 is 2.21 bits per heavy atom. The molecule has 11 nitrogen and oxygen atoms in total. The quantitative estimate of drug-likeness (QED) is 0.0917. The summed E-state index contributed by atoms with van der Waals surface area (Å²) in [6.45, 7) is 1.14. The Balaban J connectivity index is 3.90. The van der Waals surface area contributed by atoms with Crippen LogP contribution in [0.15, 0.2) is 0 Å². The lowest BCUT2D eigenvalue weighted by atomic mass is 10.1. The summed E-state index contributed by atoms with van der Waals surface area (Å²) in [7, 11) is -5.94. The number of hydrogen-bond acceptors (Lipinski definition) is 8. The zero-order valence-corrected chi connectivity index (χ0v) is 18.6. The van der Waals surface area contributed by atoms with Crippen molar-refractivity contribution in [3.05, 3.63) is 0 Å². The number of unbranched alkanes of at least 4 members (excludes halogenated alkanes) is 3. The van der Waals surface area contributed by atoms with E-state index in [1.54, 1.807) is 0 Å². The number of carboxylic acid groups (broad SMARTS) is 1. The Morgan fingerprint density at radius 2 is 1.68 bits per heavy atom. The van der Waals surface area contributed by atoms with Crippen molar-refractivity contribution in [2.75, 3.05) is 17.3 Å². The van der Waals surface area contributed by atoms with Crippen LogP contribution in [0.2, 0.25) is 0 Å². The van der Waals surface area contributed by atoms with Gasteiger partial charge in [-0.05, 0) is 19.8 Å². The third-order valence-corrected chi connectivity index (χ3v) is 7.32. The van der Waals surface area contributed by atoms with Crippen LogP contribution >= 0.6 is 29.4 Å². The van der Waals surface area contributed by atoms with Gasteiger partial charge in [0.2, 0.25) is 5.91 Å². The van der Waals surface area contributed by atoms with Gasteiger partial charge in [0.05, 0.1) is 11.9 Å². The maximum absolute atomic E-state index is 11.8. The molecule has 0 aliphatic rings. The van der Waals surface area contributed by atoms with Gasteiger partial charge in [-0.15, -0.1) is 0 Å². The van der Waals surface area contributed by atoms with E-state index >= 15 is 0 Å². The molecule has 0 spiro atoms. The highest BCUT2D eigenvalue weighted by Gasteiger charge is 2.32. The van der Waals surface area contributed by atoms with Crippen molar-refractivity contribution in [3.8, 4) is 0 Å². The average molecular weight is 484 g/mol. The molecule has 0 aliphatic carbocycles. The van der Waals surface area contributed by atoms with Crippen LogP contribution in [-0.2, 0) is 28.8 Å². The van der Waals surface area contributed by atoms with Gasteiger partial charge in [0.15, 0.2) is 6.04 Å². The lowest BCUT2D eigenvalue weighted by Crippen LogP contribution is -2.48. The molecule has 0 saturated carbocycles. The van der Waals surface area contributed by atoms with Crippen LogP contribution in [0, 0.1) is 0 Å². The molecule has 0 bridgehead atoms. The van der Waals surface area contributed by atoms with Gasteiger partial charge in [-0.3, -0.25) is 13.9 Å². The topological polar surface area (TPSA) is 188 Å². The van der Waals surface area contributed by atoms with Gasteiger partial charge in [0.25, 0.3) is 10.1 Å². The molecular formula is C13H26NO10PS3. The maximum Gasteiger partial charge on any atom is 0.469 e. The molecule has 2 atom stereocenters. The molecule has 0 fully saturated rings. The minimum atomic E-state index is -4.87. The van der Waals surface area contributed by atoms with E-state index in [1.807, 2.05) is 0 Å². The Kier molecular flexibility index (Phi) is 13.6. The van der Waals surface area contributed by atoms with Crippen molar-refractivity contribution >= 4 is 51.4 Å². The Labute approximate surface area is 171 Å². The molecule has 166 valence electrons. The van der Waals surface area contributed by atoms with Crippen molar-refractivity contribution in [3.63, 3.8) is 0 Å². The van der Waals surface area contributed by atoms with E-state index in [9.17, 15) is 22.6 Å². The molecule has 1 amide bonds. The van der Waals surface area contributed by atoms with E-state index in [1.165, 1.54) is 21.6 Å². The zero-order chi connectivity index (χ0) is 21.8. The third-order valence-electron chi connectivity index (χ3n) is 3.25. The summed E-state index contributed by atoms with van der Waals surface area (Å²) >= 11 is 0. The zero-order valence-electron chi connectivity index (χ0n) is 15.2. The van der Waals surface area contributed by atoms with E-state index in [-0.39, 0.29) is 12.2 Å². The van der Waals surface area contributed by atoms with Gasteiger partial charge < -0.3 is 20.2 Å². The summed E-state index contributed by atoms with van der Waals surface area (Å²) in [6.07, 6.45) is 1.61. The van der Waals surface area contributed by atoms with Gasteiger partial charge in [0.1, 0.15) is 0 Å². The predicted octanol–water partition coefficient (Wildman–Crippen LogP) is 1.27. The molecule has 0 aromatic carbocycles. The van der Waals surface area contributed by atoms with Crippen LogP contribution in [-0.4, -0.2) is 69.1 Å². The number of carbonyl (C=O) groups excluding carboxylic acids is 1. The highest BCUT2D eigenvalue weighted by molar-refractivity contribution is 8.76. The van der Waals surface area contributed by atoms with Crippen molar-refractivity contribution in [1.29, 1.82) is 0 Å². The fourth-order valence-corrected chi connectivity index (χ4v) is 5.86. The van der Waals surface area contributed by atoms with Crippen LogP contribution in [0.3, 0.4) is 0 Å². The minimum absolute atomic E-state index is 0.0721. The van der Waals surface area contributed by atoms with Gasteiger partial charge in [-0.2, -0.15) is 8.42 Å². The third kappa shape index (κ3) is 16.6. The molecule has 0 aliphatic heterocycles. The minimum Gasteiger partial charge on any atom is -0.480 e. The molecule has 2 unspecified atom stereocenters. The Morgan fingerprint density at radius 1 is 1.11 bits per heavy atom. The van der Waals surface area contributed by atoms with Crippen LogP contribution in [0.25, 0.3) is 0 Å². The molecular weight excluding hydrogens is 457 g/mol. The summed E-state index contributed by atoms with van der Waals surface area (Å²) in [5, 5.41) is 11.3. The first-order chi connectivity index (χ1) is 12.8. The molecule has 28 heavy (non-hydrogen) atoms. The highest BCUT2D eigenvalue weighted by atomic mass is 33.1. The van der Waals surface area contributed by atoms with Crippen LogP contribution in [0.5, 0.6) is 0 Å². The Hall–Kier alpha value is -0.340. The van der Waals surface area contributed by atoms with Crippen molar-refractivity contribution in [1.82, 2.24) is 5.32 Å².